The third-order valence-corrected chi connectivity index (χ3v) is 7.83. The fraction of sp³-hybridized carbons (Fsp3) is 0.290. The van der Waals surface area contributed by atoms with E-state index in [1.807, 2.05) is 0 Å². The van der Waals surface area contributed by atoms with Crippen LogP contribution in [0.1, 0.15) is 29.9 Å². The Morgan fingerprint density at radius 3 is 2.48 bits per heavy atom. The zero-order valence-electron chi connectivity index (χ0n) is 22.0. The van der Waals surface area contributed by atoms with Crippen molar-refractivity contribution in [3.05, 3.63) is 94.8 Å². The molecule has 9 heteroatoms. The van der Waals surface area contributed by atoms with Crippen LogP contribution in [0.5, 0.6) is 0 Å². The minimum Gasteiger partial charge on any atom is -0.397 e. The van der Waals surface area contributed by atoms with E-state index in [-0.39, 0.29) is 17.7 Å². The van der Waals surface area contributed by atoms with Gasteiger partial charge in [-0.25, -0.2) is 4.39 Å². The molecule has 2 atom stereocenters. The number of amides is 2. The molecule has 0 spiro atoms. The first kappa shape index (κ1) is 27.8. The minimum atomic E-state index is -0.434. The molecule has 0 aromatic heterocycles. The van der Waals surface area contributed by atoms with Gasteiger partial charge in [0, 0.05) is 55.0 Å². The van der Waals surface area contributed by atoms with E-state index in [0.717, 1.165) is 12.8 Å². The smallest absolute Gasteiger partial charge is 0.248 e. The molecular formula is C31H32ClFN4O3. The van der Waals surface area contributed by atoms with Gasteiger partial charge in [0.1, 0.15) is 5.82 Å². The number of nitrogens with two attached hydrogens (primary N) is 1. The molecule has 5 rings (SSSR count). The van der Waals surface area contributed by atoms with Crippen LogP contribution in [0.2, 0.25) is 5.02 Å². The van der Waals surface area contributed by atoms with E-state index in [9.17, 15) is 9.59 Å². The van der Waals surface area contributed by atoms with Crippen molar-refractivity contribution >= 4 is 46.6 Å². The molecule has 40 heavy (non-hydrogen) atoms. The van der Waals surface area contributed by atoms with E-state index in [0.29, 0.717) is 65.6 Å². The quantitative estimate of drug-likeness (QED) is 0.259. The number of nitrogens with zero attached hydrogens (tertiary/aromatic N) is 1. The molecule has 2 unspecified atom stereocenters. The van der Waals surface area contributed by atoms with Gasteiger partial charge in [-0.3, -0.25) is 14.5 Å². The summed E-state index contributed by atoms with van der Waals surface area (Å²) in [6.07, 6.45) is 4.67. The van der Waals surface area contributed by atoms with Crippen LogP contribution in [0, 0.1) is 11.7 Å². The van der Waals surface area contributed by atoms with Gasteiger partial charge in [-0.05, 0) is 72.5 Å². The summed E-state index contributed by atoms with van der Waals surface area (Å²) >= 11 is 5.99. The molecule has 3 aromatic rings. The number of halogens is 2. The standard InChI is InChI=1S/C31H32ClFN4O3/c32-21-7-9-22(10-8-21)35-31(39)26-19-37(23-13-15-40-16-14-23)18-25(26)24-11-5-20(17-27(24)33)6-12-30(38)36-29-4-2-1-3-28(29)34/h1-12,17,23,25-26H,13-16,18-19,34H2,(H,35,39)(H,36,38)/b12-6+. The van der Waals surface area contributed by atoms with E-state index in [1.54, 1.807) is 66.7 Å². The topological polar surface area (TPSA) is 96.7 Å². The Kier molecular flexibility index (Phi) is 8.79. The average molecular weight is 563 g/mol. The lowest BCUT2D eigenvalue weighted by Gasteiger charge is -2.31. The molecule has 0 aliphatic carbocycles. The van der Waals surface area contributed by atoms with Crippen LogP contribution < -0.4 is 16.4 Å². The molecule has 208 valence electrons. The van der Waals surface area contributed by atoms with E-state index < -0.39 is 11.7 Å². The molecule has 2 heterocycles. The van der Waals surface area contributed by atoms with Gasteiger partial charge < -0.3 is 21.1 Å². The number of nitrogen functional groups attached to an aromatic ring is 1. The molecule has 2 amide bonds. The first-order valence-corrected chi connectivity index (χ1v) is 13.8. The first-order valence-electron chi connectivity index (χ1n) is 13.4. The average Bonchev–Trinajstić information content (AvgIpc) is 3.40. The molecule has 2 fully saturated rings. The maximum absolute atomic E-state index is 15.6. The van der Waals surface area contributed by atoms with Gasteiger partial charge in [0.15, 0.2) is 0 Å². The van der Waals surface area contributed by atoms with Gasteiger partial charge >= 0.3 is 0 Å². The van der Waals surface area contributed by atoms with Crippen molar-refractivity contribution in [2.45, 2.75) is 24.8 Å². The summed E-state index contributed by atoms with van der Waals surface area (Å²) < 4.78 is 21.1. The van der Waals surface area contributed by atoms with Gasteiger partial charge in [-0.2, -0.15) is 0 Å². The van der Waals surface area contributed by atoms with Gasteiger partial charge in [0.25, 0.3) is 0 Å². The van der Waals surface area contributed by atoms with Gasteiger partial charge in [0.05, 0.1) is 17.3 Å². The van der Waals surface area contributed by atoms with Crippen molar-refractivity contribution < 1.29 is 18.7 Å². The SMILES string of the molecule is Nc1ccccc1NC(=O)/C=C/c1ccc(C2CN(C3CCOCC3)CC2C(=O)Nc2ccc(Cl)cc2)c(F)c1. The van der Waals surface area contributed by atoms with Gasteiger partial charge in [-0.1, -0.05) is 35.9 Å². The number of hydrogen-bond donors (Lipinski definition) is 3. The Labute approximate surface area is 238 Å². The lowest BCUT2D eigenvalue weighted by molar-refractivity contribution is -0.120. The van der Waals surface area contributed by atoms with E-state index in [4.69, 9.17) is 22.1 Å². The highest BCUT2D eigenvalue weighted by atomic mass is 35.5. The second-order valence-electron chi connectivity index (χ2n) is 10.2. The molecule has 2 aliphatic heterocycles. The second-order valence-corrected chi connectivity index (χ2v) is 10.6. The first-order chi connectivity index (χ1) is 19.4. The molecule has 0 radical (unpaired) electrons. The summed E-state index contributed by atoms with van der Waals surface area (Å²) in [4.78, 5) is 28.1. The maximum atomic E-state index is 15.6. The van der Waals surface area contributed by atoms with Crippen LogP contribution in [-0.2, 0) is 14.3 Å². The van der Waals surface area contributed by atoms with Crippen LogP contribution in [0.25, 0.3) is 6.08 Å². The zero-order valence-corrected chi connectivity index (χ0v) is 22.7. The Morgan fingerprint density at radius 1 is 1.00 bits per heavy atom. The summed E-state index contributed by atoms with van der Waals surface area (Å²) in [5, 5.41) is 6.29. The molecule has 2 saturated heterocycles. The monoisotopic (exact) mass is 562 g/mol. The van der Waals surface area contributed by atoms with E-state index in [2.05, 4.69) is 15.5 Å². The number of rotatable bonds is 7. The lowest BCUT2D eigenvalue weighted by Crippen LogP contribution is -2.38. The number of anilines is 3. The van der Waals surface area contributed by atoms with Crippen LogP contribution in [0.3, 0.4) is 0 Å². The number of carbonyl (C=O) groups is 2. The van der Waals surface area contributed by atoms with Crippen molar-refractivity contribution in [3.63, 3.8) is 0 Å². The number of para-hydroxylation sites is 2. The van der Waals surface area contributed by atoms with E-state index in [1.165, 1.54) is 12.1 Å². The number of benzene rings is 3. The molecular weight excluding hydrogens is 531 g/mol. The molecule has 2 aliphatic rings. The van der Waals surface area contributed by atoms with Crippen molar-refractivity contribution in [2.75, 3.05) is 42.7 Å². The summed E-state index contributed by atoms with van der Waals surface area (Å²) in [5.74, 6) is -1.68. The molecule has 4 N–H and O–H groups in total. The maximum Gasteiger partial charge on any atom is 0.248 e. The number of carbonyl (C=O) groups excluding carboxylic acids is 2. The Morgan fingerprint density at radius 2 is 1.75 bits per heavy atom. The zero-order chi connectivity index (χ0) is 28.1. The number of hydrogen-bond acceptors (Lipinski definition) is 5. The number of ether oxygens (including phenoxy) is 1. The predicted octanol–water partition coefficient (Wildman–Crippen LogP) is 5.55. The Bertz CT molecular complexity index is 1390. The van der Waals surface area contributed by atoms with Crippen molar-refractivity contribution in [1.29, 1.82) is 0 Å². The molecule has 7 nitrogen and oxygen atoms in total. The predicted molar refractivity (Wildman–Crippen MR) is 157 cm³/mol. The van der Waals surface area contributed by atoms with E-state index >= 15 is 4.39 Å². The van der Waals surface area contributed by atoms with Crippen molar-refractivity contribution in [3.8, 4) is 0 Å². The third-order valence-electron chi connectivity index (χ3n) is 7.57. The summed E-state index contributed by atoms with van der Waals surface area (Å²) in [7, 11) is 0. The summed E-state index contributed by atoms with van der Waals surface area (Å²) in [6, 6.07) is 19.1. The third kappa shape index (κ3) is 6.70. The van der Waals surface area contributed by atoms with Gasteiger partial charge in [0.2, 0.25) is 11.8 Å². The fourth-order valence-electron chi connectivity index (χ4n) is 5.44. The molecule has 0 bridgehead atoms. The van der Waals surface area contributed by atoms with Crippen LogP contribution in [-0.4, -0.2) is 49.1 Å². The second kappa shape index (κ2) is 12.6. The van der Waals surface area contributed by atoms with Crippen LogP contribution >= 0.6 is 11.6 Å². The summed E-state index contributed by atoms with van der Waals surface area (Å²) in [5.41, 5.74) is 8.53. The van der Waals surface area contributed by atoms with Gasteiger partial charge in [-0.15, -0.1) is 0 Å². The number of likely N-dealkylation sites (tertiary alicyclic amines) is 1. The highest BCUT2D eigenvalue weighted by Crippen LogP contribution is 2.37. The molecule has 3 aromatic carbocycles. The molecule has 0 saturated carbocycles. The highest BCUT2D eigenvalue weighted by molar-refractivity contribution is 6.30. The summed E-state index contributed by atoms with van der Waals surface area (Å²) in [6.45, 7) is 2.50. The number of nitrogens with one attached hydrogen (secondary N) is 2. The largest absolute Gasteiger partial charge is 0.397 e. The fourth-order valence-corrected chi connectivity index (χ4v) is 5.56. The Balaban J connectivity index is 1.33. The van der Waals surface area contributed by atoms with Crippen LogP contribution in [0.4, 0.5) is 21.5 Å². The normalized spacial score (nSPS) is 20.1. The van der Waals surface area contributed by atoms with Crippen molar-refractivity contribution in [1.82, 2.24) is 4.90 Å². The van der Waals surface area contributed by atoms with Crippen molar-refractivity contribution in [2.24, 2.45) is 5.92 Å². The van der Waals surface area contributed by atoms with Crippen LogP contribution in [0.15, 0.2) is 72.8 Å². The highest BCUT2D eigenvalue weighted by Gasteiger charge is 2.42. The lowest BCUT2D eigenvalue weighted by atomic mass is 9.87. The minimum absolute atomic E-state index is 0.151. The Hall–Kier alpha value is -3.72.